The molecule has 4 rings (SSSR count). The summed E-state index contributed by atoms with van der Waals surface area (Å²) in [4.78, 5) is 11.9. The molecule has 4 aromatic rings. The van der Waals surface area contributed by atoms with Crippen molar-refractivity contribution >= 4 is 28.5 Å². The van der Waals surface area contributed by atoms with Crippen molar-refractivity contribution in [3.05, 3.63) is 106 Å². The molecule has 0 fully saturated rings. The van der Waals surface area contributed by atoms with Gasteiger partial charge in [-0.15, -0.1) is 0 Å². The number of rotatable bonds is 9. The molecule has 0 saturated heterocycles. The van der Waals surface area contributed by atoms with Crippen LogP contribution >= 0.6 is 11.6 Å². The Hall–Kier alpha value is -3.12. The molecule has 33 heavy (non-hydrogen) atoms. The smallest absolute Gasteiger partial charge is 0.352 e. The Kier molecular flexibility index (Phi) is 7.14. The van der Waals surface area contributed by atoms with Gasteiger partial charge in [0.25, 0.3) is 0 Å². The van der Waals surface area contributed by atoms with E-state index in [1.54, 1.807) is 18.2 Å². The Morgan fingerprint density at radius 1 is 1.00 bits per heavy atom. The first-order valence-corrected chi connectivity index (χ1v) is 11.3. The monoisotopic (exact) mass is 462 g/mol. The fraction of sp³-hybridized carbons (Fsp3) is 0.222. The normalized spacial score (nSPS) is 13.2. The molecular weight excluding hydrogens is 436 g/mol. The van der Waals surface area contributed by atoms with Gasteiger partial charge in [0.2, 0.25) is 0 Å². The number of aromatic carboxylic acids is 1. The zero-order chi connectivity index (χ0) is 23.4. The number of fused-ring (bicyclic) bond motifs is 1. The van der Waals surface area contributed by atoms with Gasteiger partial charge in [0.1, 0.15) is 5.69 Å². The third-order valence-corrected chi connectivity index (χ3v) is 6.04. The van der Waals surface area contributed by atoms with Gasteiger partial charge < -0.3 is 20.1 Å². The second-order valence-electron chi connectivity index (χ2n) is 8.38. The average molecular weight is 463 g/mol. The fourth-order valence-corrected chi connectivity index (χ4v) is 4.33. The van der Waals surface area contributed by atoms with Crippen LogP contribution in [0.2, 0.25) is 5.02 Å². The predicted octanol–water partition coefficient (Wildman–Crippen LogP) is 5.30. The molecule has 0 aliphatic heterocycles. The number of nitrogens with one attached hydrogen (secondary N) is 1. The van der Waals surface area contributed by atoms with Crippen molar-refractivity contribution in [2.24, 2.45) is 0 Å². The van der Waals surface area contributed by atoms with E-state index in [0.29, 0.717) is 18.1 Å². The van der Waals surface area contributed by atoms with Gasteiger partial charge in [0.05, 0.1) is 6.10 Å². The van der Waals surface area contributed by atoms with Crippen LogP contribution in [-0.4, -0.2) is 33.3 Å². The number of hydrogen-bond donors (Lipinski definition) is 3. The number of carbonyl (C=O) groups is 1. The van der Waals surface area contributed by atoms with Crippen molar-refractivity contribution in [3.63, 3.8) is 0 Å². The van der Waals surface area contributed by atoms with E-state index in [-0.39, 0.29) is 11.7 Å². The minimum absolute atomic E-state index is 0.127. The molecule has 1 heterocycles. The lowest BCUT2D eigenvalue weighted by Gasteiger charge is -2.18. The molecule has 0 radical (unpaired) electrons. The van der Waals surface area contributed by atoms with Gasteiger partial charge in [-0.2, -0.15) is 0 Å². The summed E-state index contributed by atoms with van der Waals surface area (Å²) < 4.78 is 1.85. The highest BCUT2D eigenvalue weighted by atomic mass is 35.5. The topological polar surface area (TPSA) is 74.5 Å². The number of benzene rings is 3. The lowest BCUT2D eigenvalue weighted by molar-refractivity contribution is 0.0686. The number of carboxylic acid groups (broad SMARTS) is 1. The van der Waals surface area contributed by atoms with Crippen molar-refractivity contribution < 1.29 is 15.0 Å². The first-order valence-electron chi connectivity index (χ1n) is 11.0. The van der Waals surface area contributed by atoms with Crippen LogP contribution in [0.1, 0.15) is 40.2 Å². The third kappa shape index (κ3) is 5.63. The Bertz CT molecular complexity index is 1250. The van der Waals surface area contributed by atoms with Gasteiger partial charge in [-0.25, -0.2) is 4.79 Å². The summed E-state index contributed by atoms with van der Waals surface area (Å²) in [6.07, 6.45) is 0.114. The molecule has 3 N–H and O–H groups in total. The zero-order valence-electron chi connectivity index (χ0n) is 18.4. The third-order valence-electron chi connectivity index (χ3n) is 5.80. The van der Waals surface area contributed by atoms with Crippen LogP contribution in [0, 0.1) is 0 Å². The van der Waals surface area contributed by atoms with Crippen LogP contribution < -0.4 is 5.32 Å². The van der Waals surface area contributed by atoms with Crippen molar-refractivity contribution in [2.75, 3.05) is 6.54 Å². The molecule has 0 amide bonds. The van der Waals surface area contributed by atoms with E-state index in [9.17, 15) is 15.0 Å². The summed E-state index contributed by atoms with van der Waals surface area (Å²) in [5.41, 5.74) is 4.12. The summed E-state index contributed by atoms with van der Waals surface area (Å²) in [5, 5.41) is 25.0. The first kappa shape index (κ1) is 23.1. The minimum Gasteiger partial charge on any atom is -0.477 e. The lowest BCUT2D eigenvalue weighted by Crippen LogP contribution is -2.32. The van der Waals surface area contributed by atoms with Crippen molar-refractivity contribution in [1.82, 2.24) is 9.88 Å². The van der Waals surface area contributed by atoms with E-state index in [1.165, 1.54) is 0 Å². The summed E-state index contributed by atoms with van der Waals surface area (Å²) in [6.45, 7) is 2.99. The quantitative estimate of drug-likeness (QED) is 0.315. The number of aromatic nitrogens is 1. The van der Waals surface area contributed by atoms with Gasteiger partial charge in [0.15, 0.2) is 0 Å². The highest BCUT2D eigenvalue weighted by molar-refractivity contribution is 6.30. The Morgan fingerprint density at radius 3 is 2.52 bits per heavy atom. The van der Waals surface area contributed by atoms with Crippen molar-refractivity contribution in [2.45, 2.75) is 32.0 Å². The predicted molar refractivity (Wildman–Crippen MR) is 132 cm³/mol. The SMILES string of the molecule is CC(Cc1ccc2c(c1)cc(C(=O)O)n2Cc1ccccc1)NC[C@H](O)c1cccc(Cl)c1. The molecule has 170 valence electrons. The number of hydrogen-bond acceptors (Lipinski definition) is 3. The largest absolute Gasteiger partial charge is 0.477 e. The van der Waals surface area contributed by atoms with Crippen molar-refractivity contribution in [3.8, 4) is 0 Å². The van der Waals surface area contributed by atoms with Gasteiger partial charge in [-0.05, 0) is 60.4 Å². The maximum Gasteiger partial charge on any atom is 0.352 e. The fourth-order valence-electron chi connectivity index (χ4n) is 4.13. The van der Waals surface area contributed by atoms with Gasteiger partial charge in [-0.1, -0.05) is 60.1 Å². The number of aliphatic hydroxyl groups excluding tert-OH is 1. The molecule has 2 atom stereocenters. The van der Waals surface area contributed by atoms with Gasteiger partial charge in [-0.3, -0.25) is 0 Å². The Labute approximate surface area is 198 Å². The van der Waals surface area contributed by atoms with E-state index in [1.807, 2.05) is 59.2 Å². The molecule has 0 aliphatic rings. The van der Waals surface area contributed by atoms with E-state index in [4.69, 9.17) is 11.6 Å². The van der Waals surface area contributed by atoms with Crippen molar-refractivity contribution in [1.29, 1.82) is 0 Å². The number of carboxylic acids is 1. The molecule has 5 nitrogen and oxygen atoms in total. The average Bonchev–Trinajstić information content (AvgIpc) is 3.16. The van der Waals surface area contributed by atoms with Crippen LogP contribution in [0.3, 0.4) is 0 Å². The molecule has 0 aliphatic carbocycles. The second-order valence-corrected chi connectivity index (χ2v) is 8.82. The molecule has 1 aromatic heterocycles. The van der Waals surface area contributed by atoms with Crippen LogP contribution in [0.4, 0.5) is 0 Å². The molecule has 0 spiro atoms. The molecule has 3 aromatic carbocycles. The Morgan fingerprint density at radius 2 is 1.79 bits per heavy atom. The Balaban J connectivity index is 1.47. The minimum atomic E-state index is -0.936. The number of halogens is 1. The molecule has 6 heteroatoms. The standard InChI is InChI=1S/C27H27ClN2O3/c1-18(29-16-26(31)21-8-5-9-23(28)14-21)12-20-10-11-24-22(13-20)15-25(27(32)33)30(24)17-19-6-3-2-4-7-19/h2-11,13-15,18,26,29,31H,12,16-17H2,1H3,(H,32,33)/t18?,26-/m0/s1. The summed E-state index contributed by atoms with van der Waals surface area (Å²) in [5.74, 6) is -0.936. The highest BCUT2D eigenvalue weighted by Crippen LogP contribution is 2.24. The first-order chi connectivity index (χ1) is 15.9. The van der Waals surface area contributed by atoms with E-state index in [0.717, 1.165) is 34.0 Å². The van der Waals surface area contributed by atoms with Gasteiger partial charge in [0, 0.05) is 35.1 Å². The van der Waals surface area contributed by atoms with Crippen LogP contribution in [0.15, 0.2) is 78.9 Å². The summed E-state index contributed by atoms with van der Waals surface area (Å²) >= 11 is 6.01. The van der Waals surface area contributed by atoms with Crippen LogP contribution in [-0.2, 0) is 13.0 Å². The summed E-state index contributed by atoms with van der Waals surface area (Å²) in [7, 11) is 0. The molecule has 0 bridgehead atoms. The molecule has 0 saturated carbocycles. The lowest BCUT2D eigenvalue weighted by atomic mass is 10.0. The van der Waals surface area contributed by atoms with Gasteiger partial charge >= 0.3 is 5.97 Å². The molecule has 1 unspecified atom stereocenters. The van der Waals surface area contributed by atoms with E-state index < -0.39 is 12.1 Å². The zero-order valence-corrected chi connectivity index (χ0v) is 19.2. The number of aliphatic hydroxyl groups is 1. The van der Waals surface area contributed by atoms with Crippen LogP contribution in [0.25, 0.3) is 10.9 Å². The molecular formula is C27H27ClN2O3. The summed E-state index contributed by atoms with van der Waals surface area (Å²) in [6, 6.07) is 25.1. The highest BCUT2D eigenvalue weighted by Gasteiger charge is 2.16. The van der Waals surface area contributed by atoms with Crippen LogP contribution in [0.5, 0.6) is 0 Å². The van der Waals surface area contributed by atoms with E-state index in [2.05, 4.69) is 18.3 Å². The number of nitrogens with zero attached hydrogens (tertiary/aromatic N) is 1. The maximum atomic E-state index is 11.9. The van der Waals surface area contributed by atoms with E-state index >= 15 is 0 Å². The second kappa shape index (κ2) is 10.2. The maximum absolute atomic E-state index is 11.9.